The molecular weight excluding hydrogens is 265 g/mol. The molecule has 0 saturated heterocycles. The van der Waals surface area contributed by atoms with E-state index in [2.05, 4.69) is 18.6 Å². The summed E-state index contributed by atoms with van der Waals surface area (Å²) >= 11 is 0. The third-order valence-corrected chi connectivity index (χ3v) is 5.20. The molecule has 0 bridgehead atoms. The maximum Gasteiger partial charge on any atom is 0.243 e. The van der Waals surface area contributed by atoms with Crippen molar-refractivity contribution in [2.45, 2.75) is 51.0 Å². The van der Waals surface area contributed by atoms with E-state index < -0.39 is 15.8 Å². The molecule has 1 aromatic rings. The van der Waals surface area contributed by atoms with Crippen LogP contribution in [0.4, 0.5) is 4.39 Å². The summed E-state index contributed by atoms with van der Waals surface area (Å²) in [7, 11) is -3.77. The number of nitrogens with one attached hydrogen (secondary N) is 1. The van der Waals surface area contributed by atoms with E-state index in [9.17, 15) is 12.8 Å². The Balaban J connectivity index is 2.22. The van der Waals surface area contributed by atoms with Gasteiger partial charge in [0.05, 0.1) is 0 Å². The second kappa shape index (κ2) is 4.87. The maximum absolute atomic E-state index is 13.7. The van der Waals surface area contributed by atoms with E-state index in [0.29, 0.717) is 0 Å². The largest absolute Gasteiger partial charge is 0.243 e. The summed E-state index contributed by atoms with van der Waals surface area (Å²) in [4.78, 5) is -0.253. The monoisotopic (exact) mass is 285 g/mol. The van der Waals surface area contributed by atoms with E-state index >= 15 is 0 Å². The fourth-order valence-electron chi connectivity index (χ4n) is 2.64. The van der Waals surface area contributed by atoms with Gasteiger partial charge in [-0.25, -0.2) is 17.5 Å². The molecule has 5 heteroatoms. The van der Waals surface area contributed by atoms with Gasteiger partial charge in [-0.15, -0.1) is 0 Å². The van der Waals surface area contributed by atoms with Crippen molar-refractivity contribution in [1.29, 1.82) is 0 Å². The maximum atomic E-state index is 13.7. The zero-order chi connectivity index (χ0) is 14.3. The number of hydrogen-bond donors (Lipinski definition) is 1. The van der Waals surface area contributed by atoms with Gasteiger partial charge in [-0.2, -0.15) is 0 Å². The molecule has 1 atom stereocenters. The van der Waals surface area contributed by atoms with E-state index in [-0.39, 0.29) is 16.4 Å². The topological polar surface area (TPSA) is 46.2 Å². The Morgan fingerprint density at radius 3 is 2.63 bits per heavy atom. The third kappa shape index (κ3) is 3.34. The molecule has 0 radical (unpaired) electrons. The highest BCUT2D eigenvalue weighted by Gasteiger charge is 2.34. The van der Waals surface area contributed by atoms with Crippen molar-refractivity contribution >= 4 is 10.0 Å². The molecule has 1 aliphatic rings. The molecular formula is C14H20FNO2S. The molecule has 3 nitrogen and oxygen atoms in total. The number of aryl methyl sites for hydroxylation is 1. The van der Waals surface area contributed by atoms with E-state index in [1.807, 2.05) is 0 Å². The molecule has 1 aliphatic carbocycles. The smallest absolute Gasteiger partial charge is 0.208 e. The summed E-state index contributed by atoms with van der Waals surface area (Å²) in [6.07, 6.45) is 2.58. The molecule has 1 saturated carbocycles. The molecule has 0 spiro atoms. The van der Waals surface area contributed by atoms with Gasteiger partial charge in [0.15, 0.2) is 0 Å². The Kier molecular flexibility index (Phi) is 3.71. The Labute approximate surface area is 114 Å². The molecule has 1 N–H and O–H groups in total. The summed E-state index contributed by atoms with van der Waals surface area (Å²) in [5.41, 5.74) is 0.881. The summed E-state index contributed by atoms with van der Waals surface area (Å²) in [6, 6.07) is 4.03. The van der Waals surface area contributed by atoms with E-state index in [1.54, 1.807) is 13.0 Å². The van der Waals surface area contributed by atoms with Crippen LogP contribution >= 0.6 is 0 Å². The summed E-state index contributed by atoms with van der Waals surface area (Å²) in [5, 5.41) is 0. The van der Waals surface area contributed by atoms with Crippen molar-refractivity contribution in [3.63, 3.8) is 0 Å². The first-order valence-corrected chi connectivity index (χ1v) is 7.96. The number of benzene rings is 1. The van der Waals surface area contributed by atoms with Gasteiger partial charge in [0.1, 0.15) is 10.7 Å². The Bertz CT molecular complexity index is 581. The van der Waals surface area contributed by atoms with E-state index in [0.717, 1.165) is 24.8 Å². The van der Waals surface area contributed by atoms with Crippen molar-refractivity contribution in [3.8, 4) is 0 Å². The molecule has 1 fully saturated rings. The minimum Gasteiger partial charge on any atom is -0.208 e. The number of halogens is 1. The molecule has 0 aromatic heterocycles. The second-order valence-corrected chi connectivity index (χ2v) is 7.84. The Morgan fingerprint density at radius 1 is 1.37 bits per heavy atom. The first kappa shape index (κ1) is 14.5. The van der Waals surface area contributed by atoms with Crippen LogP contribution < -0.4 is 4.72 Å². The lowest BCUT2D eigenvalue weighted by Gasteiger charge is -2.18. The highest BCUT2D eigenvalue weighted by Crippen LogP contribution is 2.37. The van der Waals surface area contributed by atoms with Crippen LogP contribution in [0.5, 0.6) is 0 Å². The lowest BCUT2D eigenvalue weighted by molar-refractivity contribution is 0.372. The molecule has 2 rings (SSSR count). The van der Waals surface area contributed by atoms with Crippen LogP contribution in [0.15, 0.2) is 23.1 Å². The zero-order valence-electron chi connectivity index (χ0n) is 11.5. The number of hydrogen-bond acceptors (Lipinski definition) is 2. The van der Waals surface area contributed by atoms with Crippen LogP contribution in [0.2, 0.25) is 0 Å². The predicted octanol–water partition coefficient (Wildman–Crippen LogP) is 2.99. The van der Waals surface area contributed by atoms with Crippen molar-refractivity contribution in [3.05, 3.63) is 29.6 Å². The molecule has 1 unspecified atom stereocenters. The van der Waals surface area contributed by atoms with Crippen molar-refractivity contribution in [2.24, 2.45) is 5.41 Å². The first-order valence-electron chi connectivity index (χ1n) is 6.48. The molecule has 0 aliphatic heterocycles. The fourth-order valence-corrected chi connectivity index (χ4v) is 4.07. The minimum atomic E-state index is -3.77. The van der Waals surface area contributed by atoms with Gasteiger partial charge in [0.2, 0.25) is 10.0 Å². The third-order valence-electron chi connectivity index (χ3n) is 3.67. The van der Waals surface area contributed by atoms with Gasteiger partial charge < -0.3 is 0 Å². The predicted molar refractivity (Wildman–Crippen MR) is 72.9 cm³/mol. The van der Waals surface area contributed by atoms with Crippen molar-refractivity contribution in [2.75, 3.05) is 0 Å². The van der Waals surface area contributed by atoms with E-state index in [4.69, 9.17) is 0 Å². The minimum absolute atomic E-state index is 0.0973. The molecule has 1 aromatic carbocycles. The van der Waals surface area contributed by atoms with Gasteiger partial charge in [0, 0.05) is 6.04 Å². The summed E-state index contributed by atoms with van der Waals surface area (Å²) in [5.74, 6) is -0.699. The average Bonchev–Trinajstić information content (AvgIpc) is 2.60. The highest BCUT2D eigenvalue weighted by atomic mass is 32.2. The van der Waals surface area contributed by atoms with Gasteiger partial charge >= 0.3 is 0 Å². The average molecular weight is 285 g/mol. The van der Waals surface area contributed by atoms with Crippen LogP contribution in [-0.4, -0.2) is 14.5 Å². The Morgan fingerprint density at radius 2 is 2.05 bits per heavy atom. The summed E-state index contributed by atoms with van der Waals surface area (Å²) in [6.45, 7) is 5.99. The standard InChI is InChI=1S/C14H20FNO2S/c1-10-4-5-12(15)13(8-10)19(17,18)16-11-6-7-14(2,3)9-11/h4-5,8,11,16H,6-7,9H2,1-3H3. The van der Waals surface area contributed by atoms with Gasteiger partial charge in [-0.1, -0.05) is 19.9 Å². The first-order chi connectivity index (χ1) is 8.70. The molecule has 19 heavy (non-hydrogen) atoms. The molecule has 106 valence electrons. The van der Waals surface area contributed by atoms with E-state index in [1.165, 1.54) is 12.1 Å². The normalized spacial score (nSPS) is 22.6. The van der Waals surface area contributed by atoms with Crippen LogP contribution in [0.1, 0.15) is 38.7 Å². The van der Waals surface area contributed by atoms with Gasteiger partial charge in [-0.05, 0) is 49.3 Å². The van der Waals surface area contributed by atoms with Crippen molar-refractivity contribution in [1.82, 2.24) is 4.72 Å². The lowest BCUT2D eigenvalue weighted by atomic mass is 9.92. The molecule has 0 amide bonds. The van der Waals surface area contributed by atoms with Crippen LogP contribution in [0, 0.1) is 18.2 Å². The van der Waals surface area contributed by atoms with Crippen LogP contribution in [0.25, 0.3) is 0 Å². The Hall–Kier alpha value is -0.940. The SMILES string of the molecule is Cc1ccc(F)c(S(=O)(=O)NC2CCC(C)(C)C2)c1. The highest BCUT2D eigenvalue weighted by molar-refractivity contribution is 7.89. The van der Waals surface area contributed by atoms with Gasteiger partial charge in [-0.3, -0.25) is 0 Å². The fraction of sp³-hybridized carbons (Fsp3) is 0.571. The van der Waals surface area contributed by atoms with Crippen LogP contribution in [0.3, 0.4) is 0 Å². The van der Waals surface area contributed by atoms with Crippen molar-refractivity contribution < 1.29 is 12.8 Å². The second-order valence-electron chi connectivity index (χ2n) is 6.16. The summed E-state index contributed by atoms with van der Waals surface area (Å²) < 4.78 is 40.7. The zero-order valence-corrected chi connectivity index (χ0v) is 12.3. The number of rotatable bonds is 3. The molecule has 0 heterocycles. The van der Waals surface area contributed by atoms with Crippen LogP contribution in [-0.2, 0) is 10.0 Å². The lowest BCUT2D eigenvalue weighted by Crippen LogP contribution is -2.34. The number of sulfonamides is 1. The quantitative estimate of drug-likeness (QED) is 0.928. The van der Waals surface area contributed by atoms with Gasteiger partial charge in [0.25, 0.3) is 0 Å².